The number of rotatable bonds is 5. The molecule has 0 spiro atoms. The number of hydrogen-bond donors (Lipinski definition) is 1. The van der Waals surface area contributed by atoms with Crippen LogP contribution in [0.25, 0.3) is 5.57 Å². The van der Waals surface area contributed by atoms with Crippen molar-refractivity contribution in [1.29, 1.82) is 0 Å². The lowest BCUT2D eigenvalue weighted by Crippen LogP contribution is -2.48. The molecule has 0 bridgehead atoms. The van der Waals surface area contributed by atoms with Crippen LogP contribution in [0, 0.1) is 0 Å². The second-order valence-corrected chi connectivity index (χ2v) is 5.59. The van der Waals surface area contributed by atoms with Crippen molar-refractivity contribution in [2.75, 3.05) is 13.1 Å². The molecule has 3 heteroatoms. The monoisotopic (exact) mass is 274 g/mol. The maximum atomic E-state index is 12.2. The second kappa shape index (κ2) is 6.60. The van der Waals surface area contributed by atoms with Gasteiger partial charge in [0.2, 0.25) is 0 Å². The number of benzene rings is 1. The van der Waals surface area contributed by atoms with E-state index in [4.69, 9.17) is 0 Å². The van der Waals surface area contributed by atoms with Crippen molar-refractivity contribution in [2.45, 2.75) is 40.2 Å². The summed E-state index contributed by atoms with van der Waals surface area (Å²) in [5, 5.41) is 3.10. The van der Waals surface area contributed by atoms with Crippen molar-refractivity contribution in [3.63, 3.8) is 0 Å². The van der Waals surface area contributed by atoms with Gasteiger partial charge in [-0.3, -0.25) is 0 Å². The Hall–Kier alpha value is -1.77. The van der Waals surface area contributed by atoms with E-state index < -0.39 is 5.54 Å². The third-order valence-corrected chi connectivity index (χ3v) is 3.55. The smallest absolute Gasteiger partial charge is 0.318 e. The van der Waals surface area contributed by atoms with Crippen molar-refractivity contribution < 1.29 is 4.79 Å². The normalized spacial score (nSPS) is 11.1. The summed E-state index contributed by atoms with van der Waals surface area (Å²) < 4.78 is 0. The number of urea groups is 1. The Labute approximate surface area is 122 Å². The molecule has 0 aromatic heterocycles. The summed E-state index contributed by atoms with van der Waals surface area (Å²) in [6.45, 7) is 15.4. The maximum absolute atomic E-state index is 12.2. The molecular formula is C17H26N2O. The predicted molar refractivity (Wildman–Crippen MR) is 85.6 cm³/mol. The summed E-state index contributed by atoms with van der Waals surface area (Å²) in [6, 6.07) is 8.14. The van der Waals surface area contributed by atoms with Crippen LogP contribution in [0.5, 0.6) is 0 Å². The number of carbonyl (C=O) groups excluding carboxylic acids is 1. The highest BCUT2D eigenvalue weighted by Gasteiger charge is 2.24. The van der Waals surface area contributed by atoms with Gasteiger partial charge < -0.3 is 10.2 Å². The van der Waals surface area contributed by atoms with E-state index in [0.29, 0.717) is 13.1 Å². The summed E-state index contributed by atoms with van der Waals surface area (Å²) in [5.41, 5.74) is 2.80. The summed E-state index contributed by atoms with van der Waals surface area (Å²) in [6.07, 6.45) is 0. The van der Waals surface area contributed by atoms with Crippen molar-refractivity contribution in [2.24, 2.45) is 0 Å². The van der Waals surface area contributed by atoms with Crippen molar-refractivity contribution >= 4 is 11.6 Å². The van der Waals surface area contributed by atoms with Crippen LogP contribution in [0.3, 0.4) is 0 Å². The fraction of sp³-hybridized carbons (Fsp3) is 0.471. The van der Waals surface area contributed by atoms with E-state index in [1.807, 2.05) is 52.8 Å². The Morgan fingerprint density at radius 2 is 1.90 bits per heavy atom. The van der Waals surface area contributed by atoms with E-state index in [9.17, 15) is 4.79 Å². The zero-order valence-electron chi connectivity index (χ0n) is 13.3. The van der Waals surface area contributed by atoms with E-state index >= 15 is 0 Å². The number of hydrogen-bond acceptors (Lipinski definition) is 1. The Kier molecular flexibility index (Phi) is 5.37. The standard InChI is InChI=1S/C17H26N2O/c1-7-19(8-2)16(20)18-17(5,6)15-11-9-10-14(12-15)13(3)4/h9-12H,3,7-8H2,1-2,4-6H3,(H,18,20). The number of nitrogens with zero attached hydrogens (tertiary/aromatic N) is 1. The van der Waals surface area contributed by atoms with E-state index in [0.717, 1.165) is 16.7 Å². The van der Waals surface area contributed by atoms with Crippen LogP contribution < -0.4 is 5.32 Å². The zero-order valence-corrected chi connectivity index (χ0v) is 13.3. The number of allylic oxidation sites excluding steroid dienone is 1. The summed E-state index contributed by atoms with van der Waals surface area (Å²) >= 11 is 0. The third-order valence-electron chi connectivity index (χ3n) is 3.55. The average Bonchev–Trinajstić information content (AvgIpc) is 2.39. The third kappa shape index (κ3) is 3.86. The topological polar surface area (TPSA) is 32.3 Å². The van der Waals surface area contributed by atoms with Crippen molar-refractivity contribution in [3.8, 4) is 0 Å². The first kappa shape index (κ1) is 16.3. The summed E-state index contributed by atoms with van der Waals surface area (Å²) in [7, 11) is 0. The molecule has 0 saturated heterocycles. The van der Waals surface area contributed by atoms with Gasteiger partial charge in [-0.05, 0) is 51.8 Å². The molecule has 1 N–H and O–H groups in total. The van der Waals surface area contributed by atoms with Gasteiger partial charge in [0.15, 0.2) is 0 Å². The fourth-order valence-corrected chi connectivity index (χ4v) is 2.10. The largest absolute Gasteiger partial charge is 0.329 e. The van der Waals surface area contributed by atoms with Gasteiger partial charge in [0.1, 0.15) is 0 Å². The lowest BCUT2D eigenvalue weighted by molar-refractivity contribution is 0.192. The van der Waals surface area contributed by atoms with Gasteiger partial charge in [-0.1, -0.05) is 30.4 Å². The molecule has 1 aromatic rings. The average molecular weight is 274 g/mol. The van der Waals surface area contributed by atoms with Crippen molar-refractivity contribution in [1.82, 2.24) is 10.2 Å². The highest BCUT2D eigenvalue weighted by molar-refractivity contribution is 5.75. The van der Waals surface area contributed by atoms with Crippen LogP contribution in [0.1, 0.15) is 45.7 Å². The quantitative estimate of drug-likeness (QED) is 0.864. The summed E-state index contributed by atoms with van der Waals surface area (Å²) in [5.74, 6) is 0. The maximum Gasteiger partial charge on any atom is 0.318 e. The molecular weight excluding hydrogens is 248 g/mol. The number of amides is 2. The Morgan fingerprint density at radius 1 is 1.30 bits per heavy atom. The molecule has 1 aromatic carbocycles. The molecule has 3 nitrogen and oxygen atoms in total. The molecule has 0 saturated carbocycles. The summed E-state index contributed by atoms with van der Waals surface area (Å²) in [4.78, 5) is 14.0. The first-order valence-corrected chi connectivity index (χ1v) is 7.15. The lowest BCUT2D eigenvalue weighted by atomic mass is 9.92. The molecule has 0 heterocycles. The second-order valence-electron chi connectivity index (χ2n) is 5.59. The van der Waals surface area contributed by atoms with Gasteiger partial charge in [-0.25, -0.2) is 4.79 Å². The molecule has 2 amide bonds. The first-order valence-electron chi connectivity index (χ1n) is 7.15. The molecule has 0 unspecified atom stereocenters. The molecule has 0 radical (unpaired) electrons. The molecule has 0 fully saturated rings. The van der Waals surface area contributed by atoms with Crippen LogP contribution in [0.2, 0.25) is 0 Å². The van der Waals surface area contributed by atoms with Crippen LogP contribution in [-0.4, -0.2) is 24.0 Å². The van der Waals surface area contributed by atoms with Gasteiger partial charge in [0.25, 0.3) is 0 Å². The molecule has 0 aliphatic rings. The van der Waals surface area contributed by atoms with E-state index in [-0.39, 0.29) is 6.03 Å². The minimum atomic E-state index is -0.412. The number of carbonyl (C=O) groups is 1. The molecule has 0 aliphatic heterocycles. The van der Waals surface area contributed by atoms with Crippen molar-refractivity contribution in [3.05, 3.63) is 42.0 Å². The zero-order chi connectivity index (χ0) is 15.3. The van der Waals surface area contributed by atoms with E-state index in [1.165, 1.54) is 0 Å². The minimum absolute atomic E-state index is 0.0271. The van der Waals surface area contributed by atoms with Crippen LogP contribution in [-0.2, 0) is 5.54 Å². The molecule has 20 heavy (non-hydrogen) atoms. The van der Waals surface area contributed by atoms with Gasteiger partial charge in [-0.2, -0.15) is 0 Å². The Bertz CT molecular complexity index is 488. The van der Waals surface area contributed by atoms with Gasteiger partial charge in [0.05, 0.1) is 5.54 Å². The fourth-order valence-electron chi connectivity index (χ4n) is 2.10. The highest BCUT2D eigenvalue weighted by atomic mass is 16.2. The van der Waals surface area contributed by atoms with E-state index in [2.05, 4.69) is 18.0 Å². The molecule has 0 aliphatic carbocycles. The predicted octanol–water partition coefficient (Wildman–Crippen LogP) is 4.01. The lowest BCUT2D eigenvalue weighted by Gasteiger charge is -2.31. The number of nitrogens with one attached hydrogen (secondary N) is 1. The molecule has 0 atom stereocenters. The Morgan fingerprint density at radius 3 is 2.40 bits per heavy atom. The Balaban J connectivity index is 2.95. The van der Waals surface area contributed by atoms with Crippen LogP contribution in [0.15, 0.2) is 30.8 Å². The van der Waals surface area contributed by atoms with Gasteiger partial charge in [0, 0.05) is 13.1 Å². The molecule has 110 valence electrons. The highest BCUT2D eigenvalue weighted by Crippen LogP contribution is 2.23. The first-order chi connectivity index (χ1) is 9.31. The van der Waals surface area contributed by atoms with Gasteiger partial charge >= 0.3 is 6.03 Å². The van der Waals surface area contributed by atoms with Gasteiger partial charge in [-0.15, -0.1) is 0 Å². The van der Waals surface area contributed by atoms with Crippen LogP contribution in [0.4, 0.5) is 4.79 Å². The SMILES string of the molecule is C=C(C)c1cccc(C(C)(C)NC(=O)N(CC)CC)c1. The van der Waals surface area contributed by atoms with E-state index in [1.54, 1.807) is 4.90 Å². The minimum Gasteiger partial charge on any atom is -0.329 e. The molecule has 1 rings (SSSR count). The van der Waals surface area contributed by atoms with Crippen LogP contribution >= 0.6 is 0 Å².